The number of carbonyl (C=O) groups is 1. The molecule has 2 bridgehead atoms. The Morgan fingerprint density at radius 2 is 1.72 bits per heavy atom. The van der Waals surface area contributed by atoms with Crippen LogP contribution in [0.5, 0.6) is 5.88 Å². The van der Waals surface area contributed by atoms with Crippen molar-refractivity contribution in [2.45, 2.75) is 32.4 Å². The van der Waals surface area contributed by atoms with Crippen molar-refractivity contribution in [1.82, 2.24) is 9.47 Å². The van der Waals surface area contributed by atoms with Gasteiger partial charge in [0, 0.05) is 48.7 Å². The Morgan fingerprint density at radius 3 is 2.36 bits per heavy atom. The molecule has 2 aliphatic heterocycles. The van der Waals surface area contributed by atoms with Gasteiger partial charge in [-0.25, -0.2) is 4.99 Å². The number of aryl methyl sites for hydroxylation is 1. The molecule has 0 radical (unpaired) electrons. The number of aliphatic imine (C=N–C) groups is 1. The lowest BCUT2D eigenvalue weighted by Crippen LogP contribution is -2.44. The van der Waals surface area contributed by atoms with Gasteiger partial charge in [0.05, 0.1) is 22.5 Å². The summed E-state index contributed by atoms with van der Waals surface area (Å²) in [6.07, 6.45) is 1.23. The van der Waals surface area contributed by atoms with Crippen LogP contribution in [-0.4, -0.2) is 58.4 Å². The van der Waals surface area contributed by atoms with Crippen molar-refractivity contribution < 1.29 is 9.90 Å². The maximum absolute atomic E-state index is 12.5. The van der Waals surface area contributed by atoms with Crippen LogP contribution in [0.3, 0.4) is 0 Å². The lowest BCUT2D eigenvalue weighted by atomic mass is 10.00. The Morgan fingerprint density at radius 1 is 0.972 bits per heavy atom. The molecule has 2 unspecified atom stereocenters. The van der Waals surface area contributed by atoms with E-state index in [1.807, 2.05) is 67.6 Å². The molecule has 0 aliphatic carbocycles. The Labute approximate surface area is 211 Å². The van der Waals surface area contributed by atoms with Gasteiger partial charge in [0.15, 0.2) is 0 Å². The number of anilines is 1. The van der Waals surface area contributed by atoms with Crippen molar-refractivity contribution in [3.05, 3.63) is 89.5 Å². The molecule has 0 saturated carbocycles. The Bertz CT molecular complexity index is 1490. The number of rotatable bonds is 4. The summed E-state index contributed by atoms with van der Waals surface area (Å²) >= 11 is 0. The second-order valence-electron chi connectivity index (χ2n) is 10.1. The van der Waals surface area contributed by atoms with Gasteiger partial charge in [0.25, 0.3) is 0 Å². The van der Waals surface area contributed by atoms with Crippen molar-refractivity contribution in [2.24, 2.45) is 4.99 Å². The van der Waals surface area contributed by atoms with Crippen molar-refractivity contribution in [3.8, 4) is 5.88 Å². The van der Waals surface area contributed by atoms with Crippen LogP contribution < -0.4 is 4.90 Å². The van der Waals surface area contributed by atoms with E-state index in [9.17, 15) is 9.90 Å². The maximum atomic E-state index is 12.5. The average Bonchev–Trinajstić information content (AvgIpc) is 3.53. The predicted octanol–water partition coefficient (Wildman–Crippen LogP) is 5.38. The van der Waals surface area contributed by atoms with Crippen molar-refractivity contribution in [3.63, 3.8) is 0 Å². The van der Waals surface area contributed by atoms with Gasteiger partial charge in [-0.1, -0.05) is 42.5 Å². The van der Waals surface area contributed by atoms with E-state index in [1.165, 1.54) is 23.6 Å². The second kappa shape index (κ2) is 8.64. The Balaban J connectivity index is 1.46. The van der Waals surface area contributed by atoms with Gasteiger partial charge in [-0.3, -0.25) is 14.3 Å². The number of likely N-dealkylation sites (tertiary alicyclic amines) is 1. The van der Waals surface area contributed by atoms with Crippen LogP contribution in [-0.2, 0) is 0 Å². The first-order valence-electron chi connectivity index (χ1n) is 12.5. The summed E-state index contributed by atoms with van der Waals surface area (Å²) in [5, 5.41) is 12.1. The van der Waals surface area contributed by atoms with E-state index < -0.39 is 0 Å². The molecule has 6 nitrogen and oxygen atoms in total. The smallest absolute Gasteiger partial charge is 0.230 e. The third-order valence-electron chi connectivity index (χ3n) is 7.63. The molecule has 182 valence electrons. The van der Waals surface area contributed by atoms with Gasteiger partial charge in [-0.05, 0) is 56.3 Å². The van der Waals surface area contributed by atoms with E-state index in [2.05, 4.69) is 29.0 Å². The summed E-state index contributed by atoms with van der Waals surface area (Å²) in [5.41, 5.74) is 5.80. The number of likely N-dealkylation sites (N-methyl/N-ethyl adjacent to an activating group) is 1. The summed E-state index contributed by atoms with van der Waals surface area (Å²) < 4.78 is 1.37. The summed E-state index contributed by atoms with van der Waals surface area (Å²) in [7, 11) is 2.21. The summed E-state index contributed by atoms with van der Waals surface area (Å²) in [6.45, 7) is 5.62. The zero-order valence-corrected chi connectivity index (χ0v) is 20.8. The lowest BCUT2D eigenvalue weighted by molar-refractivity contribution is 0.0933. The van der Waals surface area contributed by atoms with Gasteiger partial charge < -0.3 is 10.0 Å². The zero-order chi connectivity index (χ0) is 25.0. The fourth-order valence-electron chi connectivity index (χ4n) is 5.83. The molecule has 2 aliphatic rings. The molecule has 3 aromatic carbocycles. The average molecular weight is 479 g/mol. The van der Waals surface area contributed by atoms with Crippen LogP contribution in [0, 0.1) is 6.92 Å². The molecule has 1 aromatic heterocycles. The van der Waals surface area contributed by atoms with Crippen molar-refractivity contribution >= 4 is 33.9 Å². The number of aromatic nitrogens is 1. The molecule has 36 heavy (non-hydrogen) atoms. The SMILES string of the molecule is CC(=O)n1c(O)c(C(=Nc2ccc(N3CC4CC3CN4C)cc2)c2ccccc2)c2ccc(C)cc21. The Kier molecular flexibility index (Phi) is 5.41. The highest BCUT2D eigenvalue weighted by atomic mass is 16.3. The molecule has 4 aromatic rings. The number of aromatic hydroxyl groups is 1. The molecule has 0 amide bonds. The van der Waals surface area contributed by atoms with Crippen molar-refractivity contribution in [2.75, 3.05) is 25.0 Å². The second-order valence-corrected chi connectivity index (χ2v) is 10.1. The van der Waals surface area contributed by atoms with Crippen LogP contribution in [0.2, 0.25) is 0 Å². The number of hydrogen-bond acceptors (Lipinski definition) is 5. The van der Waals surface area contributed by atoms with Crippen LogP contribution >= 0.6 is 0 Å². The van der Waals surface area contributed by atoms with E-state index in [0.717, 1.165) is 35.3 Å². The molecule has 2 atom stereocenters. The topological polar surface area (TPSA) is 61.1 Å². The third kappa shape index (κ3) is 3.69. The fourth-order valence-corrected chi connectivity index (χ4v) is 5.83. The molecule has 3 heterocycles. The van der Waals surface area contributed by atoms with Crippen LogP contribution in [0.1, 0.15) is 34.8 Å². The molecular formula is C30H30N4O2. The molecular weight excluding hydrogens is 448 g/mol. The molecule has 1 N–H and O–H groups in total. The summed E-state index contributed by atoms with van der Waals surface area (Å²) in [4.78, 5) is 22.5. The van der Waals surface area contributed by atoms with Crippen LogP contribution in [0.25, 0.3) is 10.9 Å². The number of benzene rings is 3. The number of piperazine rings is 1. The van der Waals surface area contributed by atoms with E-state index in [-0.39, 0.29) is 11.8 Å². The van der Waals surface area contributed by atoms with E-state index >= 15 is 0 Å². The molecule has 6 heteroatoms. The van der Waals surface area contributed by atoms with Crippen LogP contribution in [0.15, 0.2) is 77.8 Å². The Hall–Kier alpha value is -3.90. The van der Waals surface area contributed by atoms with Gasteiger partial charge in [0.1, 0.15) is 0 Å². The van der Waals surface area contributed by atoms with Gasteiger partial charge in [0.2, 0.25) is 11.8 Å². The zero-order valence-electron chi connectivity index (χ0n) is 20.8. The molecule has 2 fully saturated rings. The summed E-state index contributed by atoms with van der Waals surface area (Å²) in [5.74, 6) is -0.323. The first kappa shape index (κ1) is 22.6. The fraction of sp³-hybridized carbons (Fsp3) is 0.267. The normalized spacial score (nSPS) is 20.0. The molecule has 0 spiro atoms. The summed E-state index contributed by atoms with van der Waals surface area (Å²) in [6, 6.07) is 25.3. The molecule has 6 rings (SSSR count). The quantitative estimate of drug-likeness (QED) is 0.400. The number of nitrogens with zero attached hydrogens (tertiary/aromatic N) is 4. The first-order valence-corrected chi connectivity index (χ1v) is 12.5. The minimum Gasteiger partial charge on any atom is -0.494 e. The monoisotopic (exact) mass is 478 g/mol. The van der Waals surface area contributed by atoms with Crippen molar-refractivity contribution in [1.29, 1.82) is 0 Å². The number of fused-ring (bicyclic) bond motifs is 3. The van der Waals surface area contributed by atoms with E-state index in [0.29, 0.717) is 28.9 Å². The number of hydrogen-bond donors (Lipinski definition) is 1. The minimum atomic E-state index is -0.239. The molecule has 2 saturated heterocycles. The standard InChI is InChI=1S/C30H30N4O2/c1-19-9-14-26-27(15-19)34(20(2)35)30(36)28(26)29(21-7-5-4-6-8-21)31-22-10-12-23(13-11-22)33-18-24-16-25(33)17-32(24)3/h4-15,24-25,36H,16-18H2,1-3H3. The third-order valence-corrected chi connectivity index (χ3v) is 7.63. The van der Waals surface area contributed by atoms with Crippen LogP contribution in [0.4, 0.5) is 11.4 Å². The largest absolute Gasteiger partial charge is 0.494 e. The van der Waals surface area contributed by atoms with E-state index in [1.54, 1.807) is 0 Å². The predicted molar refractivity (Wildman–Crippen MR) is 145 cm³/mol. The first-order chi connectivity index (χ1) is 17.4. The highest BCUT2D eigenvalue weighted by Gasteiger charge is 2.41. The minimum absolute atomic E-state index is 0.0838. The van der Waals surface area contributed by atoms with Gasteiger partial charge in [-0.15, -0.1) is 0 Å². The van der Waals surface area contributed by atoms with E-state index in [4.69, 9.17) is 4.99 Å². The highest BCUT2D eigenvalue weighted by Crippen LogP contribution is 2.37. The maximum Gasteiger partial charge on any atom is 0.230 e. The van der Waals surface area contributed by atoms with Gasteiger partial charge >= 0.3 is 0 Å². The number of carbonyl (C=O) groups excluding carboxylic acids is 1. The lowest BCUT2D eigenvalue weighted by Gasteiger charge is -2.33. The van der Waals surface area contributed by atoms with Gasteiger partial charge in [-0.2, -0.15) is 0 Å². The highest BCUT2D eigenvalue weighted by molar-refractivity contribution is 6.23.